The highest BCUT2D eigenvalue weighted by atomic mass is 16.1. The Hall–Kier alpha value is -2.67. The number of carbonyl (C=O) groups excluding carboxylic acids is 1. The van der Waals surface area contributed by atoms with Gasteiger partial charge in [-0.05, 0) is 65.2 Å². The first kappa shape index (κ1) is 20.6. The van der Waals surface area contributed by atoms with Crippen molar-refractivity contribution in [2.45, 2.75) is 20.3 Å². The lowest BCUT2D eigenvalue weighted by molar-refractivity contribution is 0.0951. The molecule has 2 aromatic rings. The van der Waals surface area contributed by atoms with Gasteiger partial charge in [-0.25, -0.2) is 9.97 Å². The van der Waals surface area contributed by atoms with Crippen molar-refractivity contribution in [3.05, 3.63) is 42.2 Å². The van der Waals surface area contributed by atoms with Gasteiger partial charge in [0.05, 0.1) is 5.56 Å². The summed E-state index contributed by atoms with van der Waals surface area (Å²) in [4.78, 5) is 24.9. The zero-order valence-electron chi connectivity index (χ0n) is 16.7. The third-order valence-corrected chi connectivity index (χ3v) is 4.23. The van der Waals surface area contributed by atoms with Gasteiger partial charge in [-0.15, -0.1) is 0 Å². The number of hydrogen-bond donors (Lipinski definition) is 2. The van der Waals surface area contributed by atoms with Gasteiger partial charge in [0.25, 0.3) is 5.91 Å². The number of nitrogens with zero attached hydrogens (tertiary/aromatic N) is 4. The van der Waals surface area contributed by atoms with Crippen LogP contribution in [-0.2, 0) is 0 Å². The molecule has 7 nitrogen and oxygen atoms in total. The lowest BCUT2D eigenvalue weighted by Gasteiger charge is -2.21. The minimum absolute atomic E-state index is 0.149. The molecule has 7 heteroatoms. The molecule has 0 atom stereocenters. The molecule has 0 bridgehead atoms. The van der Waals surface area contributed by atoms with Crippen molar-refractivity contribution in [2.24, 2.45) is 0 Å². The van der Waals surface area contributed by atoms with E-state index in [0.29, 0.717) is 18.1 Å². The number of rotatable bonds is 10. The highest BCUT2D eigenvalue weighted by Crippen LogP contribution is 2.19. The molecule has 0 radical (unpaired) electrons. The van der Waals surface area contributed by atoms with Crippen molar-refractivity contribution in [3.8, 4) is 0 Å². The first-order chi connectivity index (χ1) is 13.0. The van der Waals surface area contributed by atoms with Crippen molar-refractivity contribution in [1.29, 1.82) is 0 Å². The third-order valence-electron chi connectivity index (χ3n) is 4.23. The van der Waals surface area contributed by atoms with Crippen LogP contribution in [0.5, 0.6) is 0 Å². The number of benzene rings is 1. The Morgan fingerprint density at radius 3 is 2.22 bits per heavy atom. The average molecular weight is 371 g/mol. The molecule has 0 aliphatic heterocycles. The summed E-state index contributed by atoms with van der Waals surface area (Å²) in [5, 5.41) is 6.04. The zero-order chi connectivity index (χ0) is 19.6. The molecule has 2 N–H and O–H groups in total. The molecule has 0 aliphatic carbocycles. The number of nitrogens with one attached hydrogen (secondary N) is 2. The van der Waals surface area contributed by atoms with Crippen LogP contribution in [0.4, 0.5) is 17.3 Å². The molecule has 0 spiro atoms. The lowest BCUT2D eigenvalue weighted by atomic mass is 10.2. The van der Waals surface area contributed by atoms with Gasteiger partial charge in [0.2, 0.25) is 5.95 Å². The van der Waals surface area contributed by atoms with E-state index in [9.17, 15) is 4.79 Å². The van der Waals surface area contributed by atoms with Crippen molar-refractivity contribution in [1.82, 2.24) is 20.2 Å². The minimum atomic E-state index is -0.149. The fourth-order valence-corrected chi connectivity index (χ4v) is 2.68. The first-order valence-electron chi connectivity index (χ1n) is 9.40. The largest absolute Gasteiger partial charge is 0.372 e. The second-order valence-corrected chi connectivity index (χ2v) is 6.55. The van der Waals surface area contributed by atoms with Gasteiger partial charge in [-0.1, -0.05) is 0 Å². The summed E-state index contributed by atoms with van der Waals surface area (Å²) < 4.78 is 0. The number of anilines is 3. The summed E-state index contributed by atoms with van der Waals surface area (Å²) in [5.74, 6) is 0.318. The van der Waals surface area contributed by atoms with Crippen LogP contribution in [0.3, 0.4) is 0 Å². The van der Waals surface area contributed by atoms with Crippen molar-refractivity contribution in [3.63, 3.8) is 0 Å². The number of amides is 1. The van der Waals surface area contributed by atoms with E-state index in [1.165, 1.54) is 5.69 Å². The normalized spacial score (nSPS) is 10.7. The Balaban J connectivity index is 1.88. The van der Waals surface area contributed by atoms with Gasteiger partial charge in [0.1, 0.15) is 0 Å². The van der Waals surface area contributed by atoms with Crippen LogP contribution in [0, 0.1) is 0 Å². The minimum Gasteiger partial charge on any atom is -0.372 e. The van der Waals surface area contributed by atoms with Gasteiger partial charge in [0, 0.05) is 43.4 Å². The summed E-state index contributed by atoms with van der Waals surface area (Å²) in [7, 11) is 4.02. The van der Waals surface area contributed by atoms with E-state index in [-0.39, 0.29) is 5.91 Å². The van der Waals surface area contributed by atoms with Crippen LogP contribution in [-0.4, -0.2) is 61.0 Å². The monoisotopic (exact) mass is 370 g/mol. The van der Waals surface area contributed by atoms with Crippen LogP contribution in [0.15, 0.2) is 36.7 Å². The maximum Gasteiger partial charge on any atom is 0.254 e. The highest BCUT2D eigenvalue weighted by molar-refractivity contribution is 5.93. The molecule has 0 saturated carbocycles. The smallest absolute Gasteiger partial charge is 0.254 e. The second-order valence-electron chi connectivity index (χ2n) is 6.55. The maximum atomic E-state index is 12.1. The molecule has 1 heterocycles. The molecule has 1 aromatic carbocycles. The van der Waals surface area contributed by atoms with Gasteiger partial charge in [-0.2, -0.15) is 0 Å². The van der Waals surface area contributed by atoms with E-state index >= 15 is 0 Å². The van der Waals surface area contributed by atoms with Gasteiger partial charge in [-0.3, -0.25) is 4.79 Å². The summed E-state index contributed by atoms with van der Waals surface area (Å²) >= 11 is 0. The Bertz CT molecular complexity index is 695. The Labute approximate surface area is 161 Å². The summed E-state index contributed by atoms with van der Waals surface area (Å²) in [5.41, 5.74) is 2.56. The summed E-state index contributed by atoms with van der Waals surface area (Å²) in [6.45, 7) is 7.81. The van der Waals surface area contributed by atoms with Crippen LogP contribution in [0.25, 0.3) is 0 Å². The highest BCUT2D eigenvalue weighted by Gasteiger charge is 2.07. The molecule has 1 amide bonds. The second kappa shape index (κ2) is 10.5. The standard InChI is InChI=1S/C20H30N6O/c1-5-26(6-2)18-10-8-17(9-11-18)24-20-22-14-16(15-23-20)19(27)21-12-7-13-25(3)4/h8-11,14-15H,5-7,12-13H2,1-4H3,(H,21,27)(H,22,23,24). The van der Waals surface area contributed by atoms with E-state index in [2.05, 4.69) is 56.4 Å². The predicted octanol–water partition coefficient (Wildman–Crippen LogP) is 2.75. The van der Waals surface area contributed by atoms with E-state index < -0.39 is 0 Å². The molecular weight excluding hydrogens is 340 g/mol. The maximum absolute atomic E-state index is 12.1. The SMILES string of the molecule is CCN(CC)c1ccc(Nc2ncc(C(=O)NCCCN(C)C)cn2)cc1. The molecule has 0 saturated heterocycles. The van der Waals surface area contributed by atoms with E-state index in [4.69, 9.17) is 0 Å². The van der Waals surface area contributed by atoms with E-state index in [1.807, 2.05) is 26.2 Å². The number of aromatic nitrogens is 2. The Morgan fingerprint density at radius 2 is 1.67 bits per heavy atom. The van der Waals surface area contributed by atoms with Gasteiger partial charge < -0.3 is 20.4 Å². The van der Waals surface area contributed by atoms with Crippen molar-refractivity contribution >= 4 is 23.2 Å². The van der Waals surface area contributed by atoms with E-state index in [0.717, 1.165) is 31.7 Å². The summed E-state index contributed by atoms with van der Waals surface area (Å²) in [6.07, 6.45) is 3.99. The average Bonchev–Trinajstić information content (AvgIpc) is 2.68. The number of carbonyl (C=O) groups is 1. The fourth-order valence-electron chi connectivity index (χ4n) is 2.68. The first-order valence-corrected chi connectivity index (χ1v) is 9.40. The summed E-state index contributed by atoms with van der Waals surface area (Å²) in [6, 6.07) is 8.15. The molecule has 27 heavy (non-hydrogen) atoms. The molecular formula is C20H30N6O. The molecule has 0 aliphatic rings. The fraction of sp³-hybridized carbons (Fsp3) is 0.450. The topological polar surface area (TPSA) is 73.4 Å². The zero-order valence-corrected chi connectivity index (χ0v) is 16.7. The van der Waals surface area contributed by atoms with Crippen LogP contribution in [0.2, 0.25) is 0 Å². The molecule has 1 aromatic heterocycles. The van der Waals surface area contributed by atoms with Crippen LogP contribution < -0.4 is 15.5 Å². The van der Waals surface area contributed by atoms with Gasteiger partial charge in [0.15, 0.2) is 0 Å². The Morgan fingerprint density at radius 1 is 1.04 bits per heavy atom. The van der Waals surface area contributed by atoms with Gasteiger partial charge >= 0.3 is 0 Å². The quantitative estimate of drug-likeness (QED) is 0.627. The predicted molar refractivity (Wildman–Crippen MR) is 111 cm³/mol. The lowest BCUT2D eigenvalue weighted by Crippen LogP contribution is -2.27. The van der Waals surface area contributed by atoms with Crippen molar-refractivity contribution < 1.29 is 4.79 Å². The Kier molecular flexibility index (Phi) is 8.00. The van der Waals surface area contributed by atoms with E-state index in [1.54, 1.807) is 12.4 Å². The molecule has 0 unspecified atom stereocenters. The van der Waals surface area contributed by atoms with Crippen LogP contribution >= 0.6 is 0 Å². The molecule has 2 rings (SSSR count). The third kappa shape index (κ3) is 6.53. The van der Waals surface area contributed by atoms with Crippen LogP contribution in [0.1, 0.15) is 30.6 Å². The molecule has 146 valence electrons. The molecule has 0 fully saturated rings. The number of hydrogen-bond acceptors (Lipinski definition) is 6. The van der Waals surface area contributed by atoms with Crippen molar-refractivity contribution in [2.75, 3.05) is 50.5 Å².